The smallest absolute Gasteiger partial charge is 0.338 e. The molecule has 2 aromatic rings. The summed E-state index contributed by atoms with van der Waals surface area (Å²) in [5.41, 5.74) is 4.92. The van der Waals surface area contributed by atoms with Crippen molar-refractivity contribution in [2.75, 3.05) is 6.61 Å². The Kier molecular flexibility index (Phi) is 8.54. The van der Waals surface area contributed by atoms with Crippen molar-refractivity contribution >= 4 is 34.5 Å². The largest absolute Gasteiger partial charge is 0.463 e. The summed E-state index contributed by atoms with van der Waals surface area (Å²) in [6, 6.07) is 17.7. The van der Waals surface area contributed by atoms with Crippen LogP contribution in [0.3, 0.4) is 0 Å². The van der Waals surface area contributed by atoms with Gasteiger partial charge < -0.3 is 15.0 Å². The SMILES string of the molecule is CCOC(=O)C1=C(c2ccccc2)N=C2SC=C(CC(=O)NC(C)CC)N2C1c1ccc(C(C)C)cc1. The van der Waals surface area contributed by atoms with E-state index in [0.29, 0.717) is 17.2 Å². The van der Waals surface area contributed by atoms with E-state index in [1.807, 2.05) is 54.5 Å². The van der Waals surface area contributed by atoms with E-state index in [9.17, 15) is 9.59 Å². The van der Waals surface area contributed by atoms with Gasteiger partial charge in [-0.2, -0.15) is 0 Å². The first-order valence-corrected chi connectivity index (χ1v) is 13.8. The third-order valence-corrected chi connectivity index (χ3v) is 7.52. The zero-order chi connectivity index (χ0) is 26.5. The van der Waals surface area contributed by atoms with Gasteiger partial charge in [0.15, 0.2) is 5.17 Å². The normalized spacial score (nSPS) is 17.8. The Labute approximate surface area is 223 Å². The Morgan fingerprint density at radius 2 is 1.76 bits per heavy atom. The molecule has 1 N–H and O–H groups in total. The molecule has 0 aromatic heterocycles. The molecule has 1 amide bonds. The van der Waals surface area contributed by atoms with Gasteiger partial charge in [-0.15, -0.1) is 0 Å². The van der Waals surface area contributed by atoms with Crippen molar-refractivity contribution in [3.05, 3.63) is 88.0 Å². The zero-order valence-corrected chi connectivity index (χ0v) is 23.0. The number of carbonyl (C=O) groups excluding carboxylic acids is 2. The lowest BCUT2D eigenvalue weighted by Gasteiger charge is -2.37. The lowest BCUT2D eigenvalue weighted by Crippen LogP contribution is -2.39. The highest BCUT2D eigenvalue weighted by atomic mass is 32.2. The predicted molar refractivity (Wildman–Crippen MR) is 151 cm³/mol. The summed E-state index contributed by atoms with van der Waals surface area (Å²) in [4.78, 5) is 33.4. The van der Waals surface area contributed by atoms with Crippen LogP contribution in [0.25, 0.3) is 5.70 Å². The van der Waals surface area contributed by atoms with Gasteiger partial charge in [-0.25, -0.2) is 9.79 Å². The Bertz CT molecular complexity index is 1230. The van der Waals surface area contributed by atoms with Gasteiger partial charge in [0, 0.05) is 17.3 Å². The van der Waals surface area contributed by atoms with Crippen LogP contribution >= 0.6 is 11.8 Å². The number of rotatable bonds is 9. The van der Waals surface area contributed by atoms with Crippen molar-refractivity contribution in [1.82, 2.24) is 10.2 Å². The van der Waals surface area contributed by atoms with Crippen LogP contribution in [0.4, 0.5) is 0 Å². The van der Waals surface area contributed by atoms with E-state index >= 15 is 0 Å². The fraction of sp³-hybridized carbons (Fsp3) is 0.367. The number of benzene rings is 2. The maximum Gasteiger partial charge on any atom is 0.338 e. The lowest BCUT2D eigenvalue weighted by atomic mass is 9.90. The first kappa shape index (κ1) is 26.7. The molecule has 194 valence electrons. The van der Waals surface area contributed by atoms with E-state index < -0.39 is 12.0 Å². The molecule has 0 saturated heterocycles. The van der Waals surface area contributed by atoms with E-state index in [2.05, 4.69) is 43.4 Å². The van der Waals surface area contributed by atoms with Crippen molar-refractivity contribution in [2.45, 2.75) is 65.5 Å². The Morgan fingerprint density at radius 3 is 2.38 bits per heavy atom. The summed E-state index contributed by atoms with van der Waals surface area (Å²) in [5.74, 6) is -0.0613. The molecular formula is C30H35N3O3S. The number of hydrogen-bond donors (Lipinski definition) is 1. The number of nitrogens with one attached hydrogen (secondary N) is 1. The number of carbonyl (C=O) groups is 2. The molecule has 2 unspecified atom stereocenters. The van der Waals surface area contributed by atoms with Gasteiger partial charge in [-0.1, -0.05) is 87.1 Å². The molecule has 0 saturated carbocycles. The molecule has 0 spiro atoms. The molecule has 2 heterocycles. The lowest BCUT2D eigenvalue weighted by molar-refractivity contribution is -0.139. The first-order chi connectivity index (χ1) is 17.8. The fourth-order valence-electron chi connectivity index (χ4n) is 4.46. The summed E-state index contributed by atoms with van der Waals surface area (Å²) >= 11 is 1.48. The van der Waals surface area contributed by atoms with Crippen LogP contribution in [0, 0.1) is 0 Å². The highest BCUT2D eigenvalue weighted by Crippen LogP contribution is 2.47. The van der Waals surface area contributed by atoms with Gasteiger partial charge in [-0.05, 0) is 42.7 Å². The minimum absolute atomic E-state index is 0.0492. The molecule has 0 radical (unpaired) electrons. The number of ether oxygens (including phenoxy) is 1. The van der Waals surface area contributed by atoms with Gasteiger partial charge in [0.2, 0.25) is 5.91 Å². The summed E-state index contributed by atoms with van der Waals surface area (Å²) in [5, 5.41) is 5.78. The first-order valence-electron chi connectivity index (χ1n) is 12.9. The van der Waals surface area contributed by atoms with Crippen LogP contribution in [0.2, 0.25) is 0 Å². The van der Waals surface area contributed by atoms with Crippen LogP contribution in [0.1, 0.15) is 76.1 Å². The van der Waals surface area contributed by atoms with Crippen molar-refractivity contribution in [2.24, 2.45) is 4.99 Å². The Hall–Kier alpha value is -3.32. The molecule has 2 aliphatic heterocycles. The number of amidine groups is 1. The van der Waals surface area contributed by atoms with E-state index in [-0.39, 0.29) is 25.0 Å². The average molecular weight is 518 g/mol. The zero-order valence-electron chi connectivity index (χ0n) is 22.2. The number of thioether (sulfide) groups is 1. The minimum Gasteiger partial charge on any atom is -0.463 e. The molecule has 2 aromatic carbocycles. The third kappa shape index (κ3) is 5.82. The van der Waals surface area contributed by atoms with Gasteiger partial charge >= 0.3 is 5.97 Å². The van der Waals surface area contributed by atoms with Gasteiger partial charge in [0.25, 0.3) is 0 Å². The van der Waals surface area contributed by atoms with Crippen LogP contribution in [0.15, 0.2) is 76.3 Å². The topological polar surface area (TPSA) is 71.0 Å². The summed E-state index contributed by atoms with van der Waals surface area (Å²) in [6.07, 6.45) is 1.06. The predicted octanol–water partition coefficient (Wildman–Crippen LogP) is 6.39. The Morgan fingerprint density at radius 1 is 1.05 bits per heavy atom. The second kappa shape index (κ2) is 11.8. The molecule has 37 heavy (non-hydrogen) atoms. The maximum absolute atomic E-state index is 13.6. The standard InChI is InChI=1S/C30H35N3O3S/c1-6-20(5)31-25(34)17-24-18-37-30-32-27(22-11-9-8-10-12-22)26(29(35)36-7-2)28(33(24)30)23-15-13-21(14-16-23)19(3)4/h8-16,18-20,28H,6-7,17H2,1-5H3,(H,31,34). The second-order valence-electron chi connectivity index (χ2n) is 9.62. The van der Waals surface area contributed by atoms with Crippen molar-refractivity contribution in [1.29, 1.82) is 0 Å². The Balaban J connectivity index is 1.84. The number of nitrogens with zero attached hydrogens (tertiary/aromatic N) is 2. The van der Waals surface area contributed by atoms with Gasteiger partial charge in [0.05, 0.1) is 30.3 Å². The number of amides is 1. The molecule has 7 heteroatoms. The van der Waals surface area contributed by atoms with Crippen LogP contribution in [-0.2, 0) is 14.3 Å². The van der Waals surface area contributed by atoms with Crippen molar-refractivity contribution < 1.29 is 14.3 Å². The van der Waals surface area contributed by atoms with E-state index in [1.54, 1.807) is 6.92 Å². The van der Waals surface area contributed by atoms with Crippen LogP contribution in [0.5, 0.6) is 0 Å². The molecule has 0 fully saturated rings. The molecule has 4 rings (SSSR count). The van der Waals surface area contributed by atoms with Gasteiger partial charge in [-0.3, -0.25) is 4.79 Å². The summed E-state index contributed by atoms with van der Waals surface area (Å²) in [6.45, 7) is 10.4. The van der Waals surface area contributed by atoms with Gasteiger partial charge in [0.1, 0.15) is 0 Å². The summed E-state index contributed by atoms with van der Waals surface area (Å²) in [7, 11) is 0. The minimum atomic E-state index is -0.472. The summed E-state index contributed by atoms with van der Waals surface area (Å²) < 4.78 is 5.58. The number of fused-ring (bicyclic) bond motifs is 1. The van der Waals surface area contributed by atoms with Crippen molar-refractivity contribution in [3.63, 3.8) is 0 Å². The van der Waals surface area contributed by atoms with Crippen LogP contribution < -0.4 is 5.32 Å². The molecule has 0 aliphatic carbocycles. The van der Waals surface area contributed by atoms with E-state index in [1.165, 1.54) is 17.3 Å². The number of hydrogen-bond acceptors (Lipinski definition) is 6. The molecular weight excluding hydrogens is 482 g/mol. The van der Waals surface area contributed by atoms with E-state index in [4.69, 9.17) is 9.73 Å². The highest BCUT2D eigenvalue weighted by Gasteiger charge is 2.42. The molecule has 6 nitrogen and oxygen atoms in total. The fourth-order valence-corrected chi connectivity index (χ4v) is 5.38. The highest BCUT2D eigenvalue weighted by molar-refractivity contribution is 8.16. The number of aliphatic imine (C=N–C) groups is 1. The quantitative estimate of drug-likeness (QED) is 0.390. The van der Waals surface area contributed by atoms with Crippen LogP contribution in [-0.4, -0.2) is 34.6 Å². The molecule has 2 aliphatic rings. The van der Waals surface area contributed by atoms with Crippen molar-refractivity contribution in [3.8, 4) is 0 Å². The number of esters is 1. The third-order valence-electron chi connectivity index (χ3n) is 6.63. The molecule has 0 bridgehead atoms. The van der Waals surface area contributed by atoms with E-state index in [0.717, 1.165) is 28.4 Å². The second-order valence-corrected chi connectivity index (χ2v) is 10.5. The molecule has 2 atom stereocenters. The maximum atomic E-state index is 13.6. The average Bonchev–Trinajstić information content (AvgIpc) is 3.30. The monoisotopic (exact) mass is 517 g/mol.